The van der Waals surface area contributed by atoms with Crippen molar-refractivity contribution in [3.63, 3.8) is 0 Å². The summed E-state index contributed by atoms with van der Waals surface area (Å²) in [6.45, 7) is 0.262. The van der Waals surface area contributed by atoms with Crippen molar-refractivity contribution in [2.75, 3.05) is 0 Å². The predicted molar refractivity (Wildman–Crippen MR) is 125 cm³/mol. The van der Waals surface area contributed by atoms with Gasteiger partial charge in [0.1, 0.15) is 5.65 Å². The predicted octanol–water partition coefficient (Wildman–Crippen LogP) is 4.82. The number of nitrogens with zero attached hydrogens (tertiary/aromatic N) is 2. The number of pyridine rings is 1. The third-order valence-corrected chi connectivity index (χ3v) is 5.50. The van der Waals surface area contributed by atoms with E-state index in [4.69, 9.17) is 23.2 Å². The van der Waals surface area contributed by atoms with Gasteiger partial charge in [-0.2, -0.15) is 0 Å². The minimum absolute atomic E-state index is 0.0689. The molecule has 0 aliphatic heterocycles. The van der Waals surface area contributed by atoms with Crippen molar-refractivity contribution in [3.05, 3.63) is 106 Å². The van der Waals surface area contributed by atoms with Crippen molar-refractivity contribution >= 4 is 40.7 Å². The molecule has 0 saturated carbocycles. The molecule has 0 aliphatic rings. The van der Waals surface area contributed by atoms with Crippen LogP contribution in [0.2, 0.25) is 10.0 Å². The molecule has 4 rings (SSSR count). The van der Waals surface area contributed by atoms with E-state index < -0.39 is 6.04 Å². The average Bonchev–Trinajstić information content (AvgIpc) is 3.20. The number of hydrogen-bond donors (Lipinski definition) is 2. The lowest BCUT2D eigenvalue weighted by Gasteiger charge is -2.19. The Labute approximate surface area is 195 Å². The number of hydrogen-bond acceptors (Lipinski definition) is 3. The van der Waals surface area contributed by atoms with Gasteiger partial charge in [0, 0.05) is 12.4 Å². The van der Waals surface area contributed by atoms with Gasteiger partial charge in [0.05, 0.1) is 40.3 Å². The van der Waals surface area contributed by atoms with Crippen molar-refractivity contribution in [1.29, 1.82) is 0 Å². The molecule has 2 heterocycles. The van der Waals surface area contributed by atoms with Gasteiger partial charge in [-0.3, -0.25) is 9.59 Å². The van der Waals surface area contributed by atoms with Crippen molar-refractivity contribution in [2.45, 2.75) is 19.0 Å². The van der Waals surface area contributed by atoms with E-state index in [0.29, 0.717) is 21.3 Å². The Morgan fingerprint density at radius 2 is 1.69 bits per heavy atom. The molecule has 0 unspecified atom stereocenters. The Morgan fingerprint density at radius 1 is 0.938 bits per heavy atom. The van der Waals surface area contributed by atoms with Crippen LogP contribution in [0.4, 0.5) is 0 Å². The second-order valence-corrected chi connectivity index (χ2v) is 8.09. The zero-order valence-electron chi connectivity index (χ0n) is 17.0. The standard InChI is InChI=1S/C24H20Cl2N4O2/c25-17-10-11-22-28-18(15-30(22)14-17)13-27-23(31)12-21(16-6-2-1-3-7-16)29-24(32)19-8-4-5-9-20(19)26/h1-11,14-15,21H,12-13H2,(H,27,31)(H,29,32)/t21-/m0/s1. The maximum atomic E-state index is 12.8. The first-order valence-corrected chi connectivity index (χ1v) is 10.8. The van der Waals surface area contributed by atoms with E-state index in [1.165, 1.54) is 0 Å². The molecular formula is C24H20Cl2N4O2. The first-order chi connectivity index (χ1) is 15.5. The molecule has 2 amide bonds. The largest absolute Gasteiger partial charge is 0.350 e. The molecule has 8 heteroatoms. The summed E-state index contributed by atoms with van der Waals surface area (Å²) in [4.78, 5) is 30.0. The monoisotopic (exact) mass is 466 g/mol. The van der Waals surface area contributed by atoms with Crippen LogP contribution in [-0.4, -0.2) is 21.2 Å². The molecule has 1 atom stereocenters. The van der Waals surface area contributed by atoms with Gasteiger partial charge in [-0.25, -0.2) is 4.98 Å². The van der Waals surface area contributed by atoms with Crippen LogP contribution in [0, 0.1) is 0 Å². The Balaban J connectivity index is 1.44. The summed E-state index contributed by atoms with van der Waals surface area (Å²) in [6.07, 6.45) is 3.64. The Morgan fingerprint density at radius 3 is 2.47 bits per heavy atom. The molecule has 162 valence electrons. The molecule has 2 N–H and O–H groups in total. The zero-order chi connectivity index (χ0) is 22.5. The molecule has 2 aromatic heterocycles. The van der Waals surface area contributed by atoms with E-state index >= 15 is 0 Å². The van der Waals surface area contributed by atoms with E-state index in [2.05, 4.69) is 15.6 Å². The Hall–Kier alpha value is -3.35. The topological polar surface area (TPSA) is 75.5 Å². The van der Waals surface area contributed by atoms with Crippen LogP contribution >= 0.6 is 23.2 Å². The first kappa shape index (κ1) is 21.9. The summed E-state index contributed by atoms with van der Waals surface area (Å²) in [6, 6.07) is 19.2. The van der Waals surface area contributed by atoms with Gasteiger partial charge in [0.2, 0.25) is 5.91 Å². The molecule has 32 heavy (non-hydrogen) atoms. The maximum Gasteiger partial charge on any atom is 0.253 e. The number of carbonyl (C=O) groups excluding carboxylic acids is 2. The highest BCUT2D eigenvalue weighted by atomic mass is 35.5. The Kier molecular flexibility index (Phi) is 6.73. The van der Waals surface area contributed by atoms with E-state index in [-0.39, 0.29) is 24.8 Å². The average molecular weight is 467 g/mol. The summed E-state index contributed by atoms with van der Waals surface area (Å²) >= 11 is 12.2. The number of aromatic nitrogens is 2. The van der Waals surface area contributed by atoms with Gasteiger partial charge in [-0.15, -0.1) is 0 Å². The number of fused-ring (bicyclic) bond motifs is 1. The molecule has 0 aliphatic carbocycles. The van der Waals surface area contributed by atoms with Crippen molar-refractivity contribution in [1.82, 2.24) is 20.0 Å². The van der Waals surface area contributed by atoms with Crippen LogP contribution < -0.4 is 10.6 Å². The lowest BCUT2D eigenvalue weighted by Crippen LogP contribution is -2.33. The van der Waals surface area contributed by atoms with Crippen molar-refractivity contribution < 1.29 is 9.59 Å². The number of imidazole rings is 1. The molecule has 4 aromatic rings. The maximum absolute atomic E-state index is 12.8. The van der Waals surface area contributed by atoms with E-state index in [1.54, 1.807) is 40.9 Å². The summed E-state index contributed by atoms with van der Waals surface area (Å²) in [5, 5.41) is 6.76. The number of nitrogens with one attached hydrogen (secondary N) is 2. The molecule has 0 radical (unpaired) electrons. The molecule has 0 bridgehead atoms. The van der Waals surface area contributed by atoms with Gasteiger partial charge in [-0.05, 0) is 29.8 Å². The third kappa shape index (κ3) is 5.28. The number of carbonyl (C=O) groups is 2. The second-order valence-electron chi connectivity index (χ2n) is 7.24. The summed E-state index contributed by atoms with van der Waals surface area (Å²) in [7, 11) is 0. The highest BCUT2D eigenvalue weighted by molar-refractivity contribution is 6.33. The summed E-state index contributed by atoms with van der Waals surface area (Å²) < 4.78 is 1.81. The number of benzene rings is 2. The second kappa shape index (κ2) is 9.85. The van der Waals surface area contributed by atoms with Crippen molar-refractivity contribution in [2.24, 2.45) is 0 Å². The molecular weight excluding hydrogens is 447 g/mol. The highest BCUT2D eigenvalue weighted by Gasteiger charge is 2.20. The smallest absolute Gasteiger partial charge is 0.253 e. The van der Waals surface area contributed by atoms with Crippen LogP contribution in [0.1, 0.15) is 34.1 Å². The van der Waals surface area contributed by atoms with Crippen LogP contribution in [0.5, 0.6) is 0 Å². The molecule has 6 nitrogen and oxygen atoms in total. The fraction of sp³-hybridized carbons (Fsp3) is 0.125. The first-order valence-electron chi connectivity index (χ1n) is 10.00. The lowest BCUT2D eigenvalue weighted by atomic mass is 10.0. The van der Waals surface area contributed by atoms with Gasteiger partial charge in [0.15, 0.2) is 0 Å². The van der Waals surface area contributed by atoms with Crippen LogP contribution in [0.15, 0.2) is 79.1 Å². The SMILES string of the molecule is O=C(C[C@H](NC(=O)c1ccccc1Cl)c1ccccc1)NCc1cn2cc(Cl)ccc2n1. The number of amides is 2. The van der Waals surface area contributed by atoms with E-state index in [0.717, 1.165) is 11.2 Å². The molecule has 2 aromatic carbocycles. The number of rotatable bonds is 7. The van der Waals surface area contributed by atoms with Crippen LogP contribution in [0.3, 0.4) is 0 Å². The quantitative estimate of drug-likeness (QED) is 0.409. The highest BCUT2D eigenvalue weighted by Crippen LogP contribution is 2.20. The van der Waals surface area contributed by atoms with Gasteiger partial charge in [0.25, 0.3) is 5.91 Å². The Bertz CT molecular complexity index is 1260. The summed E-state index contributed by atoms with van der Waals surface area (Å²) in [5.74, 6) is -0.553. The van der Waals surface area contributed by atoms with Crippen LogP contribution in [0.25, 0.3) is 5.65 Å². The minimum Gasteiger partial charge on any atom is -0.350 e. The van der Waals surface area contributed by atoms with Gasteiger partial charge in [-0.1, -0.05) is 65.7 Å². The zero-order valence-corrected chi connectivity index (χ0v) is 18.5. The van der Waals surface area contributed by atoms with Crippen LogP contribution in [-0.2, 0) is 11.3 Å². The molecule has 0 saturated heterocycles. The van der Waals surface area contributed by atoms with Gasteiger partial charge >= 0.3 is 0 Å². The van der Waals surface area contributed by atoms with Gasteiger partial charge < -0.3 is 15.0 Å². The third-order valence-electron chi connectivity index (χ3n) is 4.95. The van der Waals surface area contributed by atoms with E-state index in [9.17, 15) is 9.59 Å². The van der Waals surface area contributed by atoms with Crippen molar-refractivity contribution in [3.8, 4) is 0 Å². The number of halogens is 2. The molecule has 0 spiro atoms. The summed E-state index contributed by atoms with van der Waals surface area (Å²) in [5.41, 5.74) is 2.63. The molecule has 0 fully saturated rings. The van der Waals surface area contributed by atoms with E-state index in [1.807, 2.05) is 42.6 Å². The minimum atomic E-state index is -0.514. The lowest BCUT2D eigenvalue weighted by molar-refractivity contribution is -0.121. The normalized spacial score (nSPS) is 11.8. The fourth-order valence-corrected chi connectivity index (χ4v) is 3.76. The fourth-order valence-electron chi connectivity index (χ4n) is 3.37.